The third-order valence-corrected chi connectivity index (χ3v) is 5.63. The van der Waals surface area contributed by atoms with Crippen molar-refractivity contribution in [1.29, 1.82) is 0 Å². The van der Waals surface area contributed by atoms with E-state index in [1.807, 2.05) is 36.9 Å². The van der Waals surface area contributed by atoms with Crippen LogP contribution in [-0.2, 0) is 16.1 Å². The lowest BCUT2D eigenvalue weighted by Gasteiger charge is -2.27. The van der Waals surface area contributed by atoms with Crippen molar-refractivity contribution in [2.24, 2.45) is 0 Å². The molecule has 0 saturated carbocycles. The van der Waals surface area contributed by atoms with E-state index in [2.05, 4.69) is 10.1 Å². The Morgan fingerprint density at radius 2 is 1.97 bits per heavy atom. The van der Waals surface area contributed by atoms with Crippen molar-refractivity contribution < 1.29 is 14.3 Å². The largest absolute Gasteiger partial charge is 0.378 e. The number of rotatable bonds is 4. The summed E-state index contributed by atoms with van der Waals surface area (Å²) in [7, 11) is 0. The molecule has 2 amide bonds. The fourth-order valence-electron chi connectivity index (χ4n) is 4.10. The number of aryl methyl sites for hydroxylation is 2. The van der Waals surface area contributed by atoms with Gasteiger partial charge < -0.3 is 14.5 Å². The van der Waals surface area contributed by atoms with Crippen LogP contribution in [0.4, 0.5) is 0 Å². The lowest BCUT2D eigenvalue weighted by molar-refractivity contribution is -0.133. The normalized spacial score (nSPS) is 19.6. The molecule has 8 nitrogen and oxygen atoms in total. The summed E-state index contributed by atoms with van der Waals surface area (Å²) in [6.45, 7) is 7.21. The maximum atomic E-state index is 12.9. The second-order valence-corrected chi connectivity index (χ2v) is 7.71. The molecule has 29 heavy (non-hydrogen) atoms. The first kappa shape index (κ1) is 19.6. The Morgan fingerprint density at radius 1 is 1.17 bits per heavy atom. The molecule has 2 aliphatic heterocycles. The number of aromatic nitrogens is 3. The number of pyridine rings is 1. The molecular weight excluding hydrogens is 370 g/mol. The zero-order valence-electron chi connectivity index (χ0n) is 17.0. The molecule has 2 aromatic rings. The van der Waals surface area contributed by atoms with E-state index < -0.39 is 0 Å². The molecule has 2 fully saturated rings. The molecule has 0 radical (unpaired) electrons. The summed E-state index contributed by atoms with van der Waals surface area (Å²) < 4.78 is 7.06. The van der Waals surface area contributed by atoms with E-state index in [4.69, 9.17) is 4.74 Å². The van der Waals surface area contributed by atoms with Gasteiger partial charge in [-0.15, -0.1) is 0 Å². The fraction of sp³-hybridized carbons (Fsp3) is 0.524. The smallest absolute Gasteiger partial charge is 0.255 e. The average Bonchev–Trinajstić information content (AvgIpc) is 3.34. The molecule has 0 unspecified atom stereocenters. The summed E-state index contributed by atoms with van der Waals surface area (Å²) in [6, 6.07) is 5.63. The Labute approximate surface area is 170 Å². The van der Waals surface area contributed by atoms with Gasteiger partial charge in [0.2, 0.25) is 5.91 Å². The van der Waals surface area contributed by atoms with Gasteiger partial charge in [0.15, 0.2) is 0 Å². The monoisotopic (exact) mass is 397 g/mol. The van der Waals surface area contributed by atoms with Crippen molar-refractivity contribution in [2.75, 3.05) is 32.8 Å². The minimum atomic E-state index is -0.0491. The van der Waals surface area contributed by atoms with Gasteiger partial charge in [-0.2, -0.15) is 5.10 Å². The summed E-state index contributed by atoms with van der Waals surface area (Å²) in [5.74, 6) is 0.0326. The summed E-state index contributed by atoms with van der Waals surface area (Å²) in [5, 5.41) is 4.40. The zero-order valence-corrected chi connectivity index (χ0v) is 17.0. The highest BCUT2D eigenvalue weighted by molar-refractivity contribution is 5.94. The van der Waals surface area contributed by atoms with Crippen molar-refractivity contribution in [3.8, 4) is 0 Å². The van der Waals surface area contributed by atoms with Gasteiger partial charge in [-0.3, -0.25) is 19.3 Å². The van der Waals surface area contributed by atoms with Crippen molar-refractivity contribution in [1.82, 2.24) is 24.6 Å². The van der Waals surface area contributed by atoms with E-state index in [-0.39, 0.29) is 24.4 Å². The number of hydrogen-bond donors (Lipinski definition) is 0. The second-order valence-electron chi connectivity index (χ2n) is 7.71. The second kappa shape index (κ2) is 8.32. The van der Waals surface area contributed by atoms with Crippen molar-refractivity contribution >= 4 is 11.8 Å². The molecule has 154 valence electrons. The Morgan fingerprint density at radius 3 is 2.62 bits per heavy atom. The van der Waals surface area contributed by atoms with Crippen LogP contribution >= 0.6 is 0 Å². The number of nitrogens with zero attached hydrogens (tertiary/aromatic N) is 5. The number of hydrogen-bond acceptors (Lipinski definition) is 5. The van der Waals surface area contributed by atoms with Gasteiger partial charge >= 0.3 is 0 Å². The zero-order chi connectivity index (χ0) is 20.4. The van der Waals surface area contributed by atoms with Crippen LogP contribution in [0.1, 0.15) is 46.3 Å². The summed E-state index contributed by atoms with van der Waals surface area (Å²) in [6.07, 6.45) is 3.46. The van der Waals surface area contributed by atoms with Crippen LogP contribution in [0.2, 0.25) is 0 Å². The lowest BCUT2D eigenvalue weighted by Crippen LogP contribution is -2.40. The van der Waals surface area contributed by atoms with E-state index >= 15 is 0 Å². The molecule has 2 saturated heterocycles. The molecular formula is C21H27N5O3. The number of ether oxygens (including phenoxy) is 1. The molecule has 4 heterocycles. The summed E-state index contributed by atoms with van der Waals surface area (Å²) >= 11 is 0. The van der Waals surface area contributed by atoms with Crippen LogP contribution in [0.3, 0.4) is 0 Å². The summed E-state index contributed by atoms with van der Waals surface area (Å²) in [4.78, 5) is 33.7. The van der Waals surface area contributed by atoms with Gasteiger partial charge in [-0.1, -0.05) is 0 Å². The number of carbonyl (C=O) groups is 2. The van der Waals surface area contributed by atoms with Gasteiger partial charge in [0.1, 0.15) is 6.54 Å². The van der Waals surface area contributed by atoms with E-state index in [0.29, 0.717) is 31.9 Å². The van der Waals surface area contributed by atoms with Crippen molar-refractivity contribution in [2.45, 2.75) is 39.3 Å². The standard InChI is InChI=1S/C21H27N5O3/c1-15-12-16(2)26(23-15)14-20(27)25-7-3-4-19(25)18-6-5-17(13-22-18)21(28)24-8-10-29-11-9-24/h5-6,12-13,19H,3-4,7-11,14H2,1-2H3/t19-/m1/s1. The molecule has 0 aromatic carbocycles. The number of carbonyl (C=O) groups excluding carboxylic acids is 2. The van der Waals surface area contributed by atoms with Gasteiger partial charge in [0.05, 0.1) is 36.2 Å². The highest BCUT2D eigenvalue weighted by Gasteiger charge is 2.31. The molecule has 1 atom stereocenters. The Bertz CT molecular complexity index is 886. The van der Waals surface area contributed by atoms with Gasteiger partial charge in [-0.25, -0.2) is 0 Å². The maximum Gasteiger partial charge on any atom is 0.255 e. The Hall–Kier alpha value is -2.74. The van der Waals surface area contributed by atoms with E-state index in [1.54, 1.807) is 15.8 Å². The average molecular weight is 397 g/mol. The molecule has 4 rings (SSSR count). The molecule has 0 bridgehead atoms. The summed E-state index contributed by atoms with van der Waals surface area (Å²) in [5.41, 5.74) is 3.31. The van der Waals surface area contributed by atoms with Crippen LogP contribution in [-0.4, -0.2) is 69.2 Å². The van der Waals surface area contributed by atoms with Gasteiger partial charge in [0.25, 0.3) is 5.91 Å². The Balaban J connectivity index is 1.44. The maximum absolute atomic E-state index is 12.9. The van der Waals surface area contributed by atoms with Crippen LogP contribution in [0, 0.1) is 13.8 Å². The molecule has 2 aromatic heterocycles. The third-order valence-electron chi connectivity index (χ3n) is 5.63. The van der Waals surface area contributed by atoms with E-state index in [9.17, 15) is 9.59 Å². The minimum absolute atomic E-state index is 0.0174. The molecule has 0 N–H and O–H groups in total. The molecule has 0 spiro atoms. The SMILES string of the molecule is Cc1cc(C)n(CC(=O)N2CCC[C@@H]2c2ccc(C(=O)N3CCOCC3)cn2)n1. The third kappa shape index (κ3) is 4.17. The first-order valence-electron chi connectivity index (χ1n) is 10.2. The lowest BCUT2D eigenvalue weighted by atomic mass is 10.1. The molecule has 0 aliphatic carbocycles. The first-order chi connectivity index (χ1) is 14.0. The fourth-order valence-corrected chi connectivity index (χ4v) is 4.10. The number of likely N-dealkylation sites (tertiary alicyclic amines) is 1. The van der Waals surface area contributed by atoms with Gasteiger partial charge in [0, 0.05) is 31.5 Å². The van der Waals surface area contributed by atoms with E-state index in [0.717, 1.165) is 36.5 Å². The molecule has 2 aliphatic rings. The quantitative estimate of drug-likeness (QED) is 0.785. The predicted octanol–water partition coefficient (Wildman–Crippen LogP) is 1.73. The topological polar surface area (TPSA) is 80.6 Å². The number of morpholine rings is 1. The Kier molecular flexibility index (Phi) is 5.62. The van der Waals surface area contributed by atoms with Crippen LogP contribution in [0.5, 0.6) is 0 Å². The van der Waals surface area contributed by atoms with Crippen molar-refractivity contribution in [3.05, 3.63) is 47.0 Å². The van der Waals surface area contributed by atoms with Crippen LogP contribution in [0.15, 0.2) is 24.4 Å². The van der Waals surface area contributed by atoms with E-state index in [1.165, 1.54) is 0 Å². The number of amides is 2. The van der Waals surface area contributed by atoms with Crippen LogP contribution < -0.4 is 0 Å². The highest BCUT2D eigenvalue weighted by atomic mass is 16.5. The van der Waals surface area contributed by atoms with Crippen LogP contribution in [0.25, 0.3) is 0 Å². The van der Waals surface area contributed by atoms with Crippen molar-refractivity contribution in [3.63, 3.8) is 0 Å². The highest BCUT2D eigenvalue weighted by Crippen LogP contribution is 2.31. The molecule has 8 heteroatoms. The first-order valence-corrected chi connectivity index (χ1v) is 10.2. The van der Waals surface area contributed by atoms with Gasteiger partial charge in [-0.05, 0) is 44.9 Å². The predicted molar refractivity (Wildman–Crippen MR) is 106 cm³/mol. The minimum Gasteiger partial charge on any atom is -0.378 e.